The number of anilines is 1. The molecule has 114 valence electrons. The van der Waals surface area contributed by atoms with Crippen LogP contribution < -0.4 is 5.32 Å². The smallest absolute Gasteiger partial charge is 0.339 e. The normalized spacial score (nSPS) is 16.2. The van der Waals surface area contributed by atoms with Crippen LogP contribution in [0.1, 0.15) is 28.4 Å². The fourth-order valence-electron chi connectivity index (χ4n) is 2.64. The summed E-state index contributed by atoms with van der Waals surface area (Å²) >= 11 is 1.42. The van der Waals surface area contributed by atoms with E-state index in [0.29, 0.717) is 10.7 Å². The lowest BCUT2D eigenvalue weighted by atomic mass is 10.0. The van der Waals surface area contributed by atoms with Gasteiger partial charge in [-0.15, -0.1) is 0 Å². The number of cyclic esters (lactones) is 1. The van der Waals surface area contributed by atoms with E-state index in [9.17, 15) is 9.59 Å². The Morgan fingerprint density at radius 3 is 2.83 bits per heavy atom. The minimum absolute atomic E-state index is 0.0820. The van der Waals surface area contributed by atoms with Crippen molar-refractivity contribution in [3.63, 3.8) is 0 Å². The Bertz CT molecular complexity index is 886. The van der Waals surface area contributed by atoms with Crippen LogP contribution in [-0.4, -0.2) is 16.9 Å². The van der Waals surface area contributed by atoms with Crippen LogP contribution in [0, 0.1) is 0 Å². The van der Waals surface area contributed by atoms with Crippen molar-refractivity contribution in [1.29, 1.82) is 0 Å². The van der Waals surface area contributed by atoms with Gasteiger partial charge >= 0.3 is 5.97 Å². The number of nitrogens with zero attached hydrogens (tertiary/aromatic N) is 1. The van der Waals surface area contributed by atoms with Crippen LogP contribution in [0.5, 0.6) is 0 Å². The van der Waals surface area contributed by atoms with Crippen molar-refractivity contribution in [2.24, 2.45) is 0 Å². The van der Waals surface area contributed by atoms with E-state index in [4.69, 9.17) is 4.74 Å². The van der Waals surface area contributed by atoms with Crippen LogP contribution in [0.25, 0.3) is 10.2 Å². The van der Waals surface area contributed by atoms with Gasteiger partial charge in [0.25, 0.3) is 0 Å². The van der Waals surface area contributed by atoms with Crippen molar-refractivity contribution in [3.8, 4) is 0 Å². The quantitative estimate of drug-likeness (QED) is 0.748. The molecule has 2 heterocycles. The Labute approximate surface area is 135 Å². The molecule has 6 heteroatoms. The molecule has 2 aromatic carbocycles. The van der Waals surface area contributed by atoms with E-state index in [1.165, 1.54) is 11.3 Å². The molecule has 1 aliphatic heterocycles. The zero-order chi connectivity index (χ0) is 15.8. The highest BCUT2D eigenvalue weighted by Gasteiger charge is 2.32. The molecular formula is C17H12N2O3S. The monoisotopic (exact) mass is 324 g/mol. The number of hydrogen-bond donors (Lipinski definition) is 1. The van der Waals surface area contributed by atoms with Gasteiger partial charge in [0, 0.05) is 5.56 Å². The van der Waals surface area contributed by atoms with Crippen molar-refractivity contribution in [2.75, 3.05) is 5.32 Å². The first-order chi connectivity index (χ1) is 11.2. The molecule has 0 saturated heterocycles. The number of para-hydroxylation sites is 1. The van der Waals surface area contributed by atoms with Crippen molar-refractivity contribution >= 4 is 38.6 Å². The lowest BCUT2D eigenvalue weighted by Crippen LogP contribution is -2.15. The Balaban J connectivity index is 1.49. The van der Waals surface area contributed by atoms with Crippen LogP contribution in [-0.2, 0) is 9.53 Å². The number of carbonyl (C=O) groups excluding carboxylic acids is 2. The third kappa shape index (κ3) is 2.57. The summed E-state index contributed by atoms with van der Waals surface area (Å²) in [5.74, 6) is -0.600. The summed E-state index contributed by atoms with van der Waals surface area (Å²) < 4.78 is 6.30. The van der Waals surface area contributed by atoms with Gasteiger partial charge in [0.15, 0.2) is 5.13 Å². The maximum Gasteiger partial charge on any atom is 0.339 e. The van der Waals surface area contributed by atoms with Gasteiger partial charge in [0.2, 0.25) is 5.91 Å². The fourth-order valence-corrected chi connectivity index (χ4v) is 3.52. The Hall–Kier alpha value is -2.73. The summed E-state index contributed by atoms with van der Waals surface area (Å²) in [7, 11) is 0. The minimum atomic E-state index is -0.534. The molecule has 1 aliphatic rings. The molecule has 1 N–H and O–H groups in total. The number of aromatic nitrogens is 1. The van der Waals surface area contributed by atoms with Crippen LogP contribution in [0.4, 0.5) is 5.13 Å². The highest BCUT2D eigenvalue weighted by molar-refractivity contribution is 7.22. The molecule has 0 saturated carbocycles. The number of esters is 1. The van der Waals surface area contributed by atoms with Gasteiger partial charge in [-0.2, -0.15) is 0 Å². The molecule has 0 unspecified atom stereocenters. The average Bonchev–Trinajstić information content (AvgIpc) is 3.09. The molecule has 23 heavy (non-hydrogen) atoms. The molecule has 3 aromatic rings. The number of thiazole rings is 1. The number of benzene rings is 2. The molecule has 0 radical (unpaired) electrons. The third-order valence-electron chi connectivity index (χ3n) is 3.69. The number of nitrogens with one attached hydrogen (secondary N) is 1. The number of amides is 1. The van der Waals surface area contributed by atoms with E-state index in [-0.39, 0.29) is 18.3 Å². The minimum Gasteiger partial charge on any atom is -0.453 e. The average molecular weight is 324 g/mol. The molecular weight excluding hydrogens is 312 g/mol. The van der Waals surface area contributed by atoms with Crippen molar-refractivity contribution < 1.29 is 14.3 Å². The molecule has 1 atom stereocenters. The second kappa shape index (κ2) is 5.48. The van der Waals surface area contributed by atoms with Crippen molar-refractivity contribution in [3.05, 3.63) is 59.7 Å². The largest absolute Gasteiger partial charge is 0.453 e. The van der Waals surface area contributed by atoms with Gasteiger partial charge in [-0.25, -0.2) is 9.78 Å². The van der Waals surface area contributed by atoms with E-state index >= 15 is 0 Å². The first-order valence-corrected chi connectivity index (χ1v) is 7.98. The maximum absolute atomic E-state index is 12.2. The highest BCUT2D eigenvalue weighted by atomic mass is 32.1. The Morgan fingerprint density at radius 1 is 1.17 bits per heavy atom. The summed E-state index contributed by atoms with van der Waals surface area (Å²) in [6, 6.07) is 14.8. The van der Waals surface area contributed by atoms with Gasteiger partial charge in [-0.3, -0.25) is 4.79 Å². The molecule has 4 rings (SSSR count). The number of carbonyl (C=O) groups is 2. The van der Waals surface area contributed by atoms with Gasteiger partial charge in [0.05, 0.1) is 22.2 Å². The molecule has 0 spiro atoms. The maximum atomic E-state index is 12.2. The fraction of sp³-hybridized carbons (Fsp3) is 0.118. The summed E-state index contributed by atoms with van der Waals surface area (Å²) in [6.45, 7) is 0. The van der Waals surface area contributed by atoms with E-state index in [1.807, 2.05) is 36.4 Å². The molecule has 0 fully saturated rings. The number of rotatable bonds is 3. The van der Waals surface area contributed by atoms with E-state index in [2.05, 4.69) is 10.3 Å². The third-order valence-corrected chi connectivity index (χ3v) is 4.64. The predicted octanol–water partition coefficient (Wildman–Crippen LogP) is 3.54. The summed E-state index contributed by atoms with van der Waals surface area (Å²) in [5, 5.41) is 3.33. The van der Waals surface area contributed by atoms with Crippen molar-refractivity contribution in [2.45, 2.75) is 12.5 Å². The standard InChI is InChI=1S/C17H12N2O3S/c20-15(19-17-18-12-7-3-4-8-14(12)23-17)9-13-10-5-1-2-6-11(10)16(21)22-13/h1-8,13H,9H2,(H,18,19,20)/t13-/m0/s1. The lowest BCUT2D eigenvalue weighted by molar-refractivity contribution is -0.118. The van der Waals surface area contributed by atoms with Crippen LogP contribution in [0.3, 0.4) is 0 Å². The van der Waals surface area contributed by atoms with Crippen LogP contribution in [0.15, 0.2) is 48.5 Å². The first-order valence-electron chi connectivity index (χ1n) is 7.16. The molecule has 5 nitrogen and oxygen atoms in total. The Morgan fingerprint density at radius 2 is 1.96 bits per heavy atom. The van der Waals surface area contributed by atoms with E-state index < -0.39 is 6.10 Å². The summed E-state index contributed by atoms with van der Waals surface area (Å²) in [4.78, 5) is 28.4. The zero-order valence-corrected chi connectivity index (χ0v) is 12.8. The molecule has 1 aromatic heterocycles. The lowest BCUT2D eigenvalue weighted by Gasteiger charge is -2.09. The first kappa shape index (κ1) is 13.9. The summed E-state index contributed by atoms with van der Waals surface area (Å²) in [5.41, 5.74) is 2.15. The number of fused-ring (bicyclic) bond motifs is 2. The molecule has 0 aliphatic carbocycles. The van der Waals surface area contributed by atoms with E-state index in [0.717, 1.165) is 15.8 Å². The summed E-state index contributed by atoms with van der Waals surface area (Å²) in [6.07, 6.45) is -0.452. The van der Waals surface area contributed by atoms with Gasteiger partial charge in [-0.1, -0.05) is 41.7 Å². The predicted molar refractivity (Wildman–Crippen MR) is 87.5 cm³/mol. The van der Waals surface area contributed by atoms with Gasteiger partial charge in [0.1, 0.15) is 6.10 Å². The van der Waals surface area contributed by atoms with Gasteiger partial charge in [-0.05, 0) is 18.2 Å². The second-order valence-electron chi connectivity index (χ2n) is 5.22. The SMILES string of the molecule is O=C(C[C@@H]1OC(=O)c2ccccc21)Nc1nc2ccccc2s1. The molecule has 1 amide bonds. The van der Waals surface area contributed by atoms with Crippen LogP contribution in [0.2, 0.25) is 0 Å². The van der Waals surface area contributed by atoms with Gasteiger partial charge < -0.3 is 10.1 Å². The topological polar surface area (TPSA) is 68.3 Å². The zero-order valence-electron chi connectivity index (χ0n) is 12.0. The van der Waals surface area contributed by atoms with Crippen LogP contribution >= 0.6 is 11.3 Å². The van der Waals surface area contributed by atoms with E-state index in [1.54, 1.807) is 12.1 Å². The number of hydrogen-bond acceptors (Lipinski definition) is 5. The molecule has 0 bridgehead atoms. The Kier molecular flexibility index (Phi) is 3.31. The second-order valence-corrected chi connectivity index (χ2v) is 6.25. The number of ether oxygens (including phenoxy) is 1. The highest BCUT2D eigenvalue weighted by Crippen LogP contribution is 2.33. The van der Waals surface area contributed by atoms with Crippen molar-refractivity contribution in [1.82, 2.24) is 4.98 Å².